The number of non-ortho nitro benzene ring substituents is 1. The van der Waals surface area contributed by atoms with Crippen molar-refractivity contribution in [2.45, 2.75) is 12.5 Å². The molecule has 0 aliphatic heterocycles. The maximum absolute atomic E-state index is 10.4. The Morgan fingerprint density at radius 2 is 2.12 bits per heavy atom. The Morgan fingerprint density at radius 1 is 1.56 bits per heavy atom. The number of nitro benzene ring substituents is 1. The van der Waals surface area contributed by atoms with Gasteiger partial charge in [0.2, 0.25) is 0 Å². The zero-order chi connectivity index (χ0) is 12.2. The lowest BCUT2D eigenvalue weighted by molar-refractivity contribution is -0.384. The first-order valence-corrected chi connectivity index (χ1v) is 4.68. The van der Waals surface area contributed by atoms with Gasteiger partial charge in [0, 0.05) is 12.1 Å². The van der Waals surface area contributed by atoms with E-state index in [4.69, 9.17) is 4.74 Å². The molecule has 0 fully saturated rings. The van der Waals surface area contributed by atoms with Crippen molar-refractivity contribution < 1.29 is 14.8 Å². The van der Waals surface area contributed by atoms with Crippen LogP contribution in [0.1, 0.15) is 6.92 Å². The van der Waals surface area contributed by atoms with Crippen LogP contribution in [-0.2, 0) is 0 Å². The van der Waals surface area contributed by atoms with E-state index in [0.29, 0.717) is 5.75 Å². The molecule has 1 atom stereocenters. The summed E-state index contributed by atoms with van der Waals surface area (Å²) in [5, 5.41) is 20.0. The lowest BCUT2D eigenvalue weighted by Gasteiger charge is -2.18. The quantitative estimate of drug-likeness (QED) is 0.470. The van der Waals surface area contributed by atoms with Crippen LogP contribution < -0.4 is 4.74 Å². The summed E-state index contributed by atoms with van der Waals surface area (Å²) in [7, 11) is 0. The second-order valence-electron chi connectivity index (χ2n) is 3.60. The maximum Gasteiger partial charge on any atom is 0.269 e. The van der Waals surface area contributed by atoms with Gasteiger partial charge in [-0.1, -0.05) is 6.08 Å². The predicted molar refractivity (Wildman–Crippen MR) is 59.4 cm³/mol. The molecular weight excluding hydrogens is 210 g/mol. The Labute approximate surface area is 93.1 Å². The first-order chi connectivity index (χ1) is 7.44. The zero-order valence-corrected chi connectivity index (χ0v) is 8.92. The molecule has 1 aromatic carbocycles. The van der Waals surface area contributed by atoms with Crippen LogP contribution in [0.3, 0.4) is 0 Å². The molecule has 1 aromatic rings. The predicted octanol–water partition coefficient (Wildman–Crippen LogP) is 1.91. The summed E-state index contributed by atoms with van der Waals surface area (Å²) in [6, 6.07) is 5.66. The summed E-state index contributed by atoms with van der Waals surface area (Å²) in [6.07, 6.45) is 1.37. The number of rotatable bonds is 5. The molecule has 0 aromatic heterocycles. The molecule has 16 heavy (non-hydrogen) atoms. The van der Waals surface area contributed by atoms with E-state index in [9.17, 15) is 15.2 Å². The number of benzene rings is 1. The number of ether oxygens (including phenoxy) is 1. The minimum Gasteiger partial charge on any atom is -0.490 e. The molecule has 0 radical (unpaired) electrons. The minimum atomic E-state index is -1.11. The molecule has 1 rings (SSSR count). The van der Waals surface area contributed by atoms with E-state index in [-0.39, 0.29) is 12.3 Å². The molecule has 5 nitrogen and oxygen atoms in total. The van der Waals surface area contributed by atoms with Gasteiger partial charge in [-0.05, 0) is 19.1 Å². The highest BCUT2D eigenvalue weighted by atomic mass is 16.6. The summed E-state index contributed by atoms with van der Waals surface area (Å²) in [6.45, 7) is 5.07. The third-order valence-electron chi connectivity index (χ3n) is 2.02. The molecule has 0 aliphatic rings. The molecule has 0 amide bonds. The van der Waals surface area contributed by atoms with Gasteiger partial charge in [0.15, 0.2) is 0 Å². The van der Waals surface area contributed by atoms with Crippen molar-refractivity contribution in [2.24, 2.45) is 0 Å². The number of nitrogens with zero attached hydrogens (tertiary/aromatic N) is 1. The van der Waals surface area contributed by atoms with Crippen molar-refractivity contribution in [3.8, 4) is 5.75 Å². The Morgan fingerprint density at radius 3 is 2.56 bits per heavy atom. The lowest BCUT2D eigenvalue weighted by Crippen LogP contribution is -2.29. The van der Waals surface area contributed by atoms with E-state index >= 15 is 0 Å². The molecular formula is C11H13NO4. The summed E-state index contributed by atoms with van der Waals surface area (Å²) in [5.41, 5.74) is -1.11. The van der Waals surface area contributed by atoms with E-state index in [2.05, 4.69) is 6.58 Å². The Hall–Kier alpha value is -1.88. The van der Waals surface area contributed by atoms with Crippen molar-refractivity contribution in [1.29, 1.82) is 0 Å². The minimum absolute atomic E-state index is 0.00262. The number of aliphatic hydroxyl groups is 1. The van der Waals surface area contributed by atoms with E-state index in [1.165, 1.54) is 30.3 Å². The van der Waals surface area contributed by atoms with Gasteiger partial charge in [0.25, 0.3) is 5.69 Å². The fourth-order valence-electron chi connectivity index (χ4n) is 0.952. The number of hydrogen-bond acceptors (Lipinski definition) is 4. The molecule has 86 valence electrons. The van der Waals surface area contributed by atoms with Crippen molar-refractivity contribution in [3.63, 3.8) is 0 Å². The molecule has 0 saturated carbocycles. The highest BCUT2D eigenvalue weighted by Crippen LogP contribution is 2.18. The number of hydrogen-bond donors (Lipinski definition) is 1. The summed E-state index contributed by atoms with van der Waals surface area (Å²) in [5.74, 6) is 0.465. The summed E-state index contributed by atoms with van der Waals surface area (Å²) < 4.78 is 5.25. The fraction of sp³-hybridized carbons (Fsp3) is 0.273. The second kappa shape index (κ2) is 4.76. The zero-order valence-electron chi connectivity index (χ0n) is 8.92. The van der Waals surface area contributed by atoms with Gasteiger partial charge in [0.1, 0.15) is 18.0 Å². The van der Waals surface area contributed by atoms with Crippen LogP contribution in [0.2, 0.25) is 0 Å². The monoisotopic (exact) mass is 223 g/mol. The molecule has 0 aliphatic carbocycles. The van der Waals surface area contributed by atoms with Gasteiger partial charge in [0.05, 0.1) is 4.92 Å². The Kier molecular flexibility index (Phi) is 3.63. The summed E-state index contributed by atoms with van der Waals surface area (Å²) >= 11 is 0. The van der Waals surface area contributed by atoms with Crippen molar-refractivity contribution in [2.75, 3.05) is 6.61 Å². The average molecular weight is 223 g/mol. The average Bonchev–Trinajstić information content (AvgIpc) is 2.27. The van der Waals surface area contributed by atoms with Crippen LogP contribution in [0.5, 0.6) is 5.75 Å². The van der Waals surface area contributed by atoms with Crippen molar-refractivity contribution >= 4 is 5.69 Å². The Bertz CT molecular complexity index is 383. The van der Waals surface area contributed by atoms with Crippen molar-refractivity contribution in [3.05, 3.63) is 47.0 Å². The van der Waals surface area contributed by atoms with E-state index in [1.807, 2.05) is 0 Å². The molecule has 0 spiro atoms. The van der Waals surface area contributed by atoms with Crippen LogP contribution in [0.15, 0.2) is 36.9 Å². The standard InChI is InChI=1S/C11H13NO4/c1-3-11(2,13)8-16-10-6-4-9(5-7-10)12(14)15/h3-7,13H,1,8H2,2H3. The van der Waals surface area contributed by atoms with Crippen LogP contribution in [0.4, 0.5) is 5.69 Å². The normalized spacial score (nSPS) is 13.9. The summed E-state index contributed by atoms with van der Waals surface area (Å²) in [4.78, 5) is 9.90. The van der Waals surface area contributed by atoms with Crippen LogP contribution in [0, 0.1) is 10.1 Å². The van der Waals surface area contributed by atoms with Crippen molar-refractivity contribution in [1.82, 2.24) is 0 Å². The van der Waals surface area contributed by atoms with Crippen LogP contribution in [-0.4, -0.2) is 22.2 Å². The van der Waals surface area contributed by atoms with Gasteiger partial charge in [-0.25, -0.2) is 0 Å². The van der Waals surface area contributed by atoms with E-state index in [0.717, 1.165) is 0 Å². The first-order valence-electron chi connectivity index (χ1n) is 4.68. The third-order valence-corrected chi connectivity index (χ3v) is 2.02. The highest BCUT2D eigenvalue weighted by Gasteiger charge is 2.16. The molecule has 0 bridgehead atoms. The lowest BCUT2D eigenvalue weighted by atomic mass is 10.1. The molecule has 1 unspecified atom stereocenters. The largest absolute Gasteiger partial charge is 0.490 e. The highest BCUT2D eigenvalue weighted by molar-refractivity contribution is 5.36. The van der Waals surface area contributed by atoms with Gasteiger partial charge in [-0.2, -0.15) is 0 Å². The Balaban J connectivity index is 2.63. The maximum atomic E-state index is 10.4. The van der Waals surface area contributed by atoms with E-state index < -0.39 is 10.5 Å². The van der Waals surface area contributed by atoms with Gasteiger partial charge in [-0.15, -0.1) is 6.58 Å². The smallest absolute Gasteiger partial charge is 0.269 e. The van der Waals surface area contributed by atoms with Gasteiger partial charge in [-0.3, -0.25) is 10.1 Å². The SMILES string of the molecule is C=CC(C)(O)COc1ccc([N+](=O)[O-])cc1. The molecule has 0 saturated heterocycles. The van der Waals surface area contributed by atoms with Gasteiger partial charge < -0.3 is 9.84 Å². The first kappa shape index (κ1) is 12.2. The third kappa shape index (κ3) is 3.36. The second-order valence-corrected chi connectivity index (χ2v) is 3.60. The van der Waals surface area contributed by atoms with Crippen LogP contribution >= 0.6 is 0 Å². The fourth-order valence-corrected chi connectivity index (χ4v) is 0.952. The molecule has 1 N–H and O–H groups in total. The topological polar surface area (TPSA) is 72.6 Å². The molecule has 5 heteroatoms. The van der Waals surface area contributed by atoms with Gasteiger partial charge >= 0.3 is 0 Å². The van der Waals surface area contributed by atoms with E-state index in [1.54, 1.807) is 6.92 Å². The molecule has 0 heterocycles. The number of nitro groups is 1. The van der Waals surface area contributed by atoms with Crippen LogP contribution in [0.25, 0.3) is 0 Å².